The van der Waals surface area contributed by atoms with Crippen molar-refractivity contribution >= 4 is 17.4 Å². The Balaban J connectivity index is 1.68. The Morgan fingerprint density at radius 3 is 2.30 bits per heavy atom. The summed E-state index contributed by atoms with van der Waals surface area (Å²) >= 11 is 0. The van der Waals surface area contributed by atoms with E-state index in [0.717, 1.165) is 17.7 Å². The molecule has 4 rings (SSSR count). The first-order valence-corrected chi connectivity index (χ1v) is 13.2. The predicted molar refractivity (Wildman–Crippen MR) is 154 cm³/mol. The fourth-order valence-corrected chi connectivity index (χ4v) is 4.84. The molecule has 8 nitrogen and oxygen atoms in total. The number of likely N-dealkylation sites (tertiary alicyclic amines) is 1. The lowest BCUT2D eigenvalue weighted by atomic mass is 9.95. The highest BCUT2D eigenvalue weighted by Crippen LogP contribution is 2.42. The van der Waals surface area contributed by atoms with E-state index in [9.17, 15) is 14.7 Å². The molecule has 0 aliphatic carbocycles. The Morgan fingerprint density at radius 1 is 0.950 bits per heavy atom. The number of aryl methyl sites for hydroxylation is 1. The van der Waals surface area contributed by atoms with Crippen LogP contribution in [0.4, 0.5) is 0 Å². The number of ether oxygens (including phenoxy) is 3. The number of carbonyl (C=O) groups excluding carboxylic acids is 2. The van der Waals surface area contributed by atoms with Crippen LogP contribution < -0.4 is 14.2 Å². The molecule has 1 N–H and O–H groups in total. The van der Waals surface area contributed by atoms with Gasteiger partial charge in [0.25, 0.3) is 11.7 Å². The number of aliphatic hydroxyl groups is 1. The summed E-state index contributed by atoms with van der Waals surface area (Å²) in [4.78, 5) is 30.1. The van der Waals surface area contributed by atoms with Crippen LogP contribution >= 0.6 is 0 Å². The van der Waals surface area contributed by atoms with Crippen LogP contribution in [0.25, 0.3) is 5.76 Å². The van der Waals surface area contributed by atoms with Crippen LogP contribution in [0.15, 0.2) is 72.3 Å². The summed E-state index contributed by atoms with van der Waals surface area (Å²) in [5.74, 6) is 0.0190. The smallest absolute Gasteiger partial charge is 0.295 e. The van der Waals surface area contributed by atoms with Gasteiger partial charge in [0.05, 0.1) is 25.8 Å². The van der Waals surface area contributed by atoms with Crippen molar-refractivity contribution in [3.63, 3.8) is 0 Å². The molecule has 1 aliphatic rings. The van der Waals surface area contributed by atoms with Crippen molar-refractivity contribution in [3.05, 3.63) is 94.6 Å². The van der Waals surface area contributed by atoms with Crippen LogP contribution in [0.2, 0.25) is 0 Å². The van der Waals surface area contributed by atoms with Crippen molar-refractivity contribution in [1.29, 1.82) is 0 Å². The molecule has 1 fully saturated rings. The third-order valence-corrected chi connectivity index (χ3v) is 7.05. The molecule has 8 heteroatoms. The minimum absolute atomic E-state index is 0.0376. The van der Waals surface area contributed by atoms with E-state index in [1.54, 1.807) is 49.6 Å². The minimum atomic E-state index is -0.779. The fourth-order valence-electron chi connectivity index (χ4n) is 4.84. The molecule has 0 radical (unpaired) electrons. The molecule has 1 atom stereocenters. The summed E-state index contributed by atoms with van der Waals surface area (Å²) in [5, 5.41) is 11.4. The zero-order chi connectivity index (χ0) is 28.8. The Bertz CT molecular complexity index is 1400. The third kappa shape index (κ3) is 6.13. The third-order valence-electron chi connectivity index (χ3n) is 7.05. The maximum absolute atomic E-state index is 13.3. The van der Waals surface area contributed by atoms with Crippen molar-refractivity contribution in [2.24, 2.45) is 0 Å². The van der Waals surface area contributed by atoms with Crippen LogP contribution in [0.3, 0.4) is 0 Å². The second-order valence-corrected chi connectivity index (χ2v) is 10.0. The Labute approximate surface area is 235 Å². The average molecular weight is 545 g/mol. The molecule has 1 amide bonds. The molecule has 1 aliphatic heterocycles. The lowest BCUT2D eigenvalue weighted by Crippen LogP contribution is -2.32. The van der Waals surface area contributed by atoms with Gasteiger partial charge in [0.2, 0.25) is 0 Å². The monoisotopic (exact) mass is 544 g/mol. The van der Waals surface area contributed by atoms with Crippen LogP contribution in [0.1, 0.15) is 34.7 Å². The lowest BCUT2D eigenvalue weighted by Gasteiger charge is -2.26. The van der Waals surface area contributed by atoms with E-state index in [-0.39, 0.29) is 11.3 Å². The van der Waals surface area contributed by atoms with Gasteiger partial charge in [0.15, 0.2) is 11.5 Å². The number of hydrogen-bond acceptors (Lipinski definition) is 7. The largest absolute Gasteiger partial charge is 0.507 e. The lowest BCUT2D eigenvalue weighted by molar-refractivity contribution is -0.139. The predicted octanol–water partition coefficient (Wildman–Crippen LogP) is 4.96. The van der Waals surface area contributed by atoms with Gasteiger partial charge in [0, 0.05) is 12.1 Å². The molecular weight excluding hydrogens is 508 g/mol. The topological polar surface area (TPSA) is 88.5 Å². The normalized spacial score (nSPS) is 16.4. The van der Waals surface area contributed by atoms with Crippen LogP contribution in [-0.4, -0.2) is 68.0 Å². The summed E-state index contributed by atoms with van der Waals surface area (Å²) in [6.07, 6.45) is 0.663. The van der Waals surface area contributed by atoms with E-state index in [4.69, 9.17) is 14.2 Å². The number of methoxy groups -OCH3 is 2. The van der Waals surface area contributed by atoms with Gasteiger partial charge in [-0.1, -0.05) is 30.3 Å². The zero-order valence-corrected chi connectivity index (χ0v) is 23.6. The van der Waals surface area contributed by atoms with Gasteiger partial charge in [0.1, 0.15) is 18.1 Å². The maximum Gasteiger partial charge on any atom is 0.295 e. The van der Waals surface area contributed by atoms with E-state index >= 15 is 0 Å². The summed E-state index contributed by atoms with van der Waals surface area (Å²) in [7, 11) is 6.97. The summed E-state index contributed by atoms with van der Waals surface area (Å²) < 4.78 is 16.8. The average Bonchev–Trinajstić information content (AvgIpc) is 3.21. The van der Waals surface area contributed by atoms with E-state index in [1.165, 1.54) is 12.0 Å². The van der Waals surface area contributed by atoms with Crippen molar-refractivity contribution in [2.45, 2.75) is 26.0 Å². The minimum Gasteiger partial charge on any atom is -0.507 e. The van der Waals surface area contributed by atoms with Gasteiger partial charge in [-0.15, -0.1) is 0 Å². The first-order valence-electron chi connectivity index (χ1n) is 13.2. The number of amides is 1. The molecule has 40 heavy (non-hydrogen) atoms. The molecule has 0 saturated carbocycles. The van der Waals surface area contributed by atoms with Crippen molar-refractivity contribution in [2.75, 3.05) is 41.4 Å². The summed E-state index contributed by atoms with van der Waals surface area (Å²) in [5.41, 5.74) is 3.32. The van der Waals surface area contributed by atoms with E-state index in [1.807, 2.05) is 50.2 Å². The molecule has 3 aromatic rings. The zero-order valence-electron chi connectivity index (χ0n) is 23.6. The van der Waals surface area contributed by atoms with E-state index in [2.05, 4.69) is 0 Å². The quantitative estimate of drug-likeness (QED) is 0.207. The standard InChI is InChI=1S/C32H36N2O6/c1-21-9-6-7-10-24(21)20-40-25-14-11-22(12-15-25)30(35)28-29(23-13-16-26(38-4)27(19-23)39-5)34(32(37)31(28)36)18-8-17-33(2)3/h6-7,9-16,19,29,35H,8,17-18,20H2,1-5H3/t29-/m1/s1. The Hall–Kier alpha value is -4.30. The second-order valence-electron chi connectivity index (χ2n) is 10.0. The number of Topliss-reactive ketones (excluding diaryl/α,β-unsaturated/α-hetero) is 1. The number of aliphatic hydroxyl groups excluding tert-OH is 1. The summed E-state index contributed by atoms with van der Waals surface area (Å²) in [6.45, 7) is 3.54. The highest BCUT2D eigenvalue weighted by Gasteiger charge is 2.46. The molecule has 0 spiro atoms. The van der Waals surface area contributed by atoms with Gasteiger partial charge in [-0.25, -0.2) is 0 Å². The van der Waals surface area contributed by atoms with Crippen LogP contribution in [0.5, 0.6) is 17.2 Å². The van der Waals surface area contributed by atoms with Gasteiger partial charge in [-0.05, 0) is 87.1 Å². The highest BCUT2D eigenvalue weighted by molar-refractivity contribution is 6.46. The molecule has 0 bridgehead atoms. The molecule has 1 saturated heterocycles. The molecule has 210 valence electrons. The van der Waals surface area contributed by atoms with Crippen molar-refractivity contribution in [3.8, 4) is 17.2 Å². The van der Waals surface area contributed by atoms with E-state index in [0.29, 0.717) is 47.9 Å². The van der Waals surface area contributed by atoms with Gasteiger partial charge in [-0.3, -0.25) is 9.59 Å². The first-order chi connectivity index (χ1) is 19.2. The number of nitrogens with zero attached hydrogens (tertiary/aromatic N) is 2. The highest BCUT2D eigenvalue weighted by atomic mass is 16.5. The van der Waals surface area contributed by atoms with E-state index < -0.39 is 17.7 Å². The SMILES string of the molecule is COc1ccc([C@@H]2C(=C(O)c3ccc(OCc4ccccc4C)cc3)C(=O)C(=O)N2CCCN(C)C)cc1OC. The molecule has 1 heterocycles. The van der Waals surface area contributed by atoms with Crippen molar-refractivity contribution < 1.29 is 28.9 Å². The van der Waals surface area contributed by atoms with Crippen LogP contribution in [0, 0.1) is 6.92 Å². The number of hydrogen-bond donors (Lipinski definition) is 1. The van der Waals surface area contributed by atoms with Gasteiger partial charge >= 0.3 is 0 Å². The van der Waals surface area contributed by atoms with Gasteiger partial charge < -0.3 is 29.1 Å². The van der Waals surface area contributed by atoms with Gasteiger partial charge in [-0.2, -0.15) is 0 Å². The Morgan fingerprint density at radius 2 is 1.65 bits per heavy atom. The number of rotatable bonds is 11. The fraction of sp³-hybridized carbons (Fsp3) is 0.312. The van der Waals surface area contributed by atoms with Crippen molar-refractivity contribution in [1.82, 2.24) is 9.80 Å². The Kier molecular flexibility index (Phi) is 9.11. The molecular formula is C32H36N2O6. The molecule has 3 aromatic carbocycles. The maximum atomic E-state index is 13.3. The number of benzene rings is 3. The van der Waals surface area contributed by atoms with Crippen LogP contribution in [-0.2, 0) is 16.2 Å². The first kappa shape index (κ1) is 28.7. The molecule has 0 aromatic heterocycles. The second kappa shape index (κ2) is 12.7. The summed E-state index contributed by atoms with van der Waals surface area (Å²) in [6, 6.07) is 19.3. The number of ketones is 1. The number of carbonyl (C=O) groups is 2. The molecule has 0 unspecified atom stereocenters.